The van der Waals surface area contributed by atoms with E-state index in [1.54, 1.807) is 0 Å². The normalized spacial score (nSPS) is 17.1. The Morgan fingerprint density at radius 1 is 1.21 bits per heavy atom. The second-order valence-corrected chi connectivity index (χ2v) is 5.04. The lowest BCUT2D eigenvalue weighted by atomic mass is 10.0. The lowest BCUT2D eigenvalue weighted by Gasteiger charge is -2.23. The van der Waals surface area contributed by atoms with Crippen molar-refractivity contribution in [1.29, 1.82) is 0 Å². The fraction of sp³-hybridized carbons (Fsp3) is 0.312. The highest BCUT2D eigenvalue weighted by atomic mass is 15.0. The molecule has 0 saturated carbocycles. The Bertz CT molecular complexity index is 578. The van der Waals surface area contributed by atoms with Gasteiger partial charge < -0.3 is 11.1 Å². The first-order chi connectivity index (χ1) is 9.38. The average Bonchev–Trinajstić information content (AvgIpc) is 2.97. The van der Waals surface area contributed by atoms with Gasteiger partial charge >= 0.3 is 0 Å². The summed E-state index contributed by atoms with van der Waals surface area (Å²) in [4.78, 5) is 4.35. The first kappa shape index (κ1) is 12.3. The van der Waals surface area contributed by atoms with Crippen molar-refractivity contribution >= 4 is 10.8 Å². The Balaban J connectivity index is 1.92. The standard InChI is InChI=1S/C16H19N3/c17-9-16(19-13-6-2-3-7-13)15-11-18-10-12-5-1-4-8-14(12)15/h1-5,8,10-11,13,16,19H,6-7,9,17H2. The maximum Gasteiger partial charge on any atom is 0.0468 e. The quantitative estimate of drug-likeness (QED) is 0.823. The smallest absolute Gasteiger partial charge is 0.0468 e. The fourth-order valence-corrected chi connectivity index (χ4v) is 2.74. The summed E-state index contributed by atoms with van der Waals surface area (Å²) in [5.41, 5.74) is 7.16. The predicted octanol–water partition coefficient (Wildman–Crippen LogP) is 2.54. The van der Waals surface area contributed by atoms with Crippen molar-refractivity contribution in [2.45, 2.75) is 24.9 Å². The molecule has 3 N–H and O–H groups in total. The van der Waals surface area contributed by atoms with E-state index >= 15 is 0 Å². The number of fused-ring (bicyclic) bond motifs is 1. The van der Waals surface area contributed by atoms with Gasteiger partial charge in [-0.3, -0.25) is 4.98 Å². The van der Waals surface area contributed by atoms with Gasteiger partial charge in [-0.15, -0.1) is 0 Å². The molecule has 3 heteroatoms. The first-order valence-corrected chi connectivity index (χ1v) is 6.82. The second-order valence-electron chi connectivity index (χ2n) is 5.04. The van der Waals surface area contributed by atoms with E-state index in [1.165, 1.54) is 16.3 Å². The highest BCUT2D eigenvalue weighted by molar-refractivity contribution is 5.85. The molecule has 1 heterocycles. The molecule has 0 radical (unpaired) electrons. The average molecular weight is 253 g/mol. The Morgan fingerprint density at radius 3 is 2.79 bits per heavy atom. The molecule has 0 aliphatic heterocycles. The van der Waals surface area contributed by atoms with E-state index < -0.39 is 0 Å². The molecule has 1 aliphatic rings. The zero-order chi connectivity index (χ0) is 13.1. The van der Waals surface area contributed by atoms with Gasteiger partial charge in [-0.2, -0.15) is 0 Å². The second kappa shape index (κ2) is 5.51. The predicted molar refractivity (Wildman–Crippen MR) is 78.8 cm³/mol. The van der Waals surface area contributed by atoms with Crippen LogP contribution in [0.25, 0.3) is 10.8 Å². The molecule has 3 rings (SSSR count). The minimum Gasteiger partial charge on any atom is -0.329 e. The van der Waals surface area contributed by atoms with Gasteiger partial charge in [0.2, 0.25) is 0 Å². The van der Waals surface area contributed by atoms with Crippen LogP contribution >= 0.6 is 0 Å². The first-order valence-electron chi connectivity index (χ1n) is 6.82. The number of nitrogens with one attached hydrogen (secondary N) is 1. The largest absolute Gasteiger partial charge is 0.329 e. The molecular weight excluding hydrogens is 234 g/mol. The zero-order valence-corrected chi connectivity index (χ0v) is 10.9. The lowest BCUT2D eigenvalue weighted by Crippen LogP contribution is -2.35. The lowest BCUT2D eigenvalue weighted by molar-refractivity contribution is 0.454. The molecule has 1 unspecified atom stereocenters. The SMILES string of the molecule is NCC(NC1CC=CC1)c1cncc2ccccc12. The Hall–Kier alpha value is -1.71. The van der Waals surface area contributed by atoms with Crippen LogP contribution in [0.2, 0.25) is 0 Å². The number of hydrogen-bond donors (Lipinski definition) is 2. The van der Waals surface area contributed by atoms with Crippen LogP contribution in [0.1, 0.15) is 24.4 Å². The molecule has 98 valence electrons. The summed E-state index contributed by atoms with van der Waals surface area (Å²) in [5, 5.41) is 6.06. The Kier molecular flexibility index (Phi) is 3.58. The molecule has 1 aromatic carbocycles. The molecule has 0 saturated heterocycles. The minimum absolute atomic E-state index is 0.170. The molecule has 0 bridgehead atoms. The van der Waals surface area contributed by atoms with Gasteiger partial charge in [0.25, 0.3) is 0 Å². The van der Waals surface area contributed by atoms with Crippen LogP contribution in [0.3, 0.4) is 0 Å². The summed E-state index contributed by atoms with van der Waals surface area (Å²) in [6, 6.07) is 9.02. The number of hydrogen-bond acceptors (Lipinski definition) is 3. The Morgan fingerprint density at radius 2 is 2.00 bits per heavy atom. The molecule has 3 nitrogen and oxygen atoms in total. The fourth-order valence-electron chi connectivity index (χ4n) is 2.74. The van der Waals surface area contributed by atoms with E-state index in [0.29, 0.717) is 12.6 Å². The van der Waals surface area contributed by atoms with E-state index in [2.05, 4.69) is 40.7 Å². The van der Waals surface area contributed by atoms with Gasteiger partial charge in [-0.1, -0.05) is 36.4 Å². The van der Waals surface area contributed by atoms with Crippen LogP contribution in [0.15, 0.2) is 48.8 Å². The van der Waals surface area contributed by atoms with Crippen molar-refractivity contribution in [2.75, 3.05) is 6.54 Å². The van der Waals surface area contributed by atoms with E-state index in [-0.39, 0.29) is 6.04 Å². The van der Waals surface area contributed by atoms with Crippen LogP contribution in [0, 0.1) is 0 Å². The minimum atomic E-state index is 0.170. The topological polar surface area (TPSA) is 50.9 Å². The maximum atomic E-state index is 5.96. The molecule has 19 heavy (non-hydrogen) atoms. The third-order valence-corrected chi connectivity index (χ3v) is 3.75. The van der Waals surface area contributed by atoms with Gasteiger partial charge in [-0.25, -0.2) is 0 Å². The number of nitrogens with two attached hydrogens (primary N) is 1. The highest BCUT2D eigenvalue weighted by Crippen LogP contribution is 2.24. The van der Waals surface area contributed by atoms with Gasteiger partial charge in [0, 0.05) is 36.4 Å². The van der Waals surface area contributed by atoms with Gasteiger partial charge in [-0.05, 0) is 23.8 Å². The molecular formula is C16H19N3. The molecule has 1 aromatic heterocycles. The zero-order valence-electron chi connectivity index (χ0n) is 10.9. The third kappa shape index (κ3) is 2.53. The van der Waals surface area contributed by atoms with Crippen LogP contribution in [0.4, 0.5) is 0 Å². The molecule has 0 amide bonds. The van der Waals surface area contributed by atoms with Crippen LogP contribution in [0.5, 0.6) is 0 Å². The molecule has 2 aromatic rings. The van der Waals surface area contributed by atoms with E-state index in [0.717, 1.165) is 12.8 Å². The van der Waals surface area contributed by atoms with Crippen molar-refractivity contribution < 1.29 is 0 Å². The summed E-state index contributed by atoms with van der Waals surface area (Å²) < 4.78 is 0. The number of benzene rings is 1. The number of rotatable bonds is 4. The van der Waals surface area contributed by atoms with Crippen molar-refractivity contribution in [3.05, 3.63) is 54.4 Å². The number of pyridine rings is 1. The highest BCUT2D eigenvalue weighted by Gasteiger charge is 2.18. The summed E-state index contributed by atoms with van der Waals surface area (Å²) in [6.07, 6.45) is 10.5. The van der Waals surface area contributed by atoms with Gasteiger partial charge in [0.05, 0.1) is 0 Å². The maximum absolute atomic E-state index is 5.96. The summed E-state index contributed by atoms with van der Waals surface area (Å²) in [7, 11) is 0. The molecule has 0 fully saturated rings. The molecule has 1 aliphatic carbocycles. The monoisotopic (exact) mass is 253 g/mol. The van der Waals surface area contributed by atoms with E-state index in [1.807, 2.05) is 18.5 Å². The molecule has 1 atom stereocenters. The van der Waals surface area contributed by atoms with Crippen molar-refractivity contribution in [3.8, 4) is 0 Å². The van der Waals surface area contributed by atoms with Crippen LogP contribution in [-0.4, -0.2) is 17.6 Å². The van der Waals surface area contributed by atoms with Crippen molar-refractivity contribution in [1.82, 2.24) is 10.3 Å². The Labute approximate surface area is 113 Å². The van der Waals surface area contributed by atoms with Gasteiger partial charge in [0.1, 0.15) is 0 Å². The van der Waals surface area contributed by atoms with Gasteiger partial charge in [0.15, 0.2) is 0 Å². The third-order valence-electron chi connectivity index (χ3n) is 3.75. The van der Waals surface area contributed by atoms with Crippen molar-refractivity contribution in [3.63, 3.8) is 0 Å². The van der Waals surface area contributed by atoms with Crippen LogP contribution < -0.4 is 11.1 Å². The van der Waals surface area contributed by atoms with Crippen molar-refractivity contribution in [2.24, 2.45) is 5.73 Å². The summed E-state index contributed by atoms with van der Waals surface area (Å²) >= 11 is 0. The van der Waals surface area contributed by atoms with E-state index in [9.17, 15) is 0 Å². The van der Waals surface area contributed by atoms with Crippen LogP contribution in [-0.2, 0) is 0 Å². The summed E-state index contributed by atoms with van der Waals surface area (Å²) in [6.45, 7) is 0.589. The number of nitrogens with zero attached hydrogens (tertiary/aromatic N) is 1. The molecule has 0 spiro atoms. The number of aromatic nitrogens is 1. The summed E-state index contributed by atoms with van der Waals surface area (Å²) in [5.74, 6) is 0. The van der Waals surface area contributed by atoms with E-state index in [4.69, 9.17) is 5.73 Å².